The first-order valence-corrected chi connectivity index (χ1v) is 4.45. The average molecular weight is 175 g/mol. The van der Waals surface area contributed by atoms with Crippen molar-refractivity contribution in [1.29, 1.82) is 0 Å². The van der Waals surface area contributed by atoms with Crippen molar-refractivity contribution in [2.24, 2.45) is 0 Å². The fourth-order valence-corrected chi connectivity index (χ4v) is 1.67. The molecule has 2 nitrogen and oxygen atoms in total. The molecule has 0 aliphatic carbocycles. The quantitative estimate of drug-likeness (QED) is 0.686. The Morgan fingerprint density at radius 3 is 2.85 bits per heavy atom. The Labute approximate surface area is 77.2 Å². The van der Waals surface area contributed by atoms with Crippen LogP contribution in [0.5, 0.6) is 0 Å². The Morgan fingerprint density at radius 2 is 2.15 bits per heavy atom. The van der Waals surface area contributed by atoms with Crippen molar-refractivity contribution in [3.8, 4) is 0 Å². The Hall–Kier alpha value is -1.28. The largest absolute Gasteiger partial charge is 0.389 e. The summed E-state index contributed by atoms with van der Waals surface area (Å²) < 4.78 is 0. The molecule has 0 saturated carbocycles. The molecule has 0 aliphatic heterocycles. The Bertz CT molecular complexity index is 429. The van der Waals surface area contributed by atoms with Crippen LogP contribution in [0.4, 0.5) is 0 Å². The number of hydrogen-bond acceptors (Lipinski definition) is 1. The molecule has 0 radical (unpaired) electrons. The maximum atomic E-state index is 9.51. The fraction of sp³-hybridized carbons (Fsp3) is 0.273. The average Bonchev–Trinajstić information content (AvgIpc) is 2.43. The molecule has 0 spiro atoms. The number of para-hydroxylation sites is 1. The molecule has 1 heterocycles. The van der Waals surface area contributed by atoms with E-state index in [0.29, 0.717) is 0 Å². The minimum Gasteiger partial charge on any atom is -0.389 e. The van der Waals surface area contributed by atoms with Crippen LogP contribution < -0.4 is 0 Å². The lowest BCUT2D eigenvalue weighted by atomic mass is 10.1. The third-order valence-corrected chi connectivity index (χ3v) is 2.27. The van der Waals surface area contributed by atoms with E-state index in [2.05, 4.69) is 11.1 Å². The minimum absolute atomic E-state index is 0.415. The van der Waals surface area contributed by atoms with Crippen LogP contribution in [0.15, 0.2) is 24.3 Å². The second-order valence-corrected chi connectivity index (χ2v) is 3.44. The van der Waals surface area contributed by atoms with Crippen LogP contribution in [-0.2, 0) is 0 Å². The summed E-state index contributed by atoms with van der Waals surface area (Å²) in [6.07, 6.45) is -0.415. The number of aromatic amines is 1. The number of aliphatic hydroxyl groups is 1. The molecular formula is C11H13NO. The van der Waals surface area contributed by atoms with E-state index in [9.17, 15) is 5.11 Å². The van der Waals surface area contributed by atoms with Gasteiger partial charge in [0, 0.05) is 16.6 Å². The number of H-pyrrole nitrogens is 1. The van der Waals surface area contributed by atoms with Crippen LogP contribution in [0.1, 0.15) is 24.3 Å². The first kappa shape index (κ1) is 8.32. The molecule has 68 valence electrons. The van der Waals surface area contributed by atoms with Crippen molar-refractivity contribution in [3.63, 3.8) is 0 Å². The summed E-state index contributed by atoms with van der Waals surface area (Å²) >= 11 is 0. The Balaban J connectivity index is 2.75. The van der Waals surface area contributed by atoms with Gasteiger partial charge in [-0.05, 0) is 19.9 Å². The first-order valence-electron chi connectivity index (χ1n) is 4.45. The molecule has 2 heteroatoms. The zero-order valence-corrected chi connectivity index (χ0v) is 7.83. The summed E-state index contributed by atoms with van der Waals surface area (Å²) in [4.78, 5) is 3.25. The molecule has 0 bridgehead atoms. The molecule has 2 rings (SSSR count). The summed E-state index contributed by atoms with van der Waals surface area (Å²) in [6, 6.07) is 8.05. The second-order valence-electron chi connectivity index (χ2n) is 3.44. The molecule has 1 atom stereocenters. The van der Waals surface area contributed by atoms with Crippen molar-refractivity contribution in [2.75, 3.05) is 0 Å². The summed E-state index contributed by atoms with van der Waals surface area (Å²) in [5.41, 5.74) is 3.14. The van der Waals surface area contributed by atoms with Gasteiger partial charge in [-0.2, -0.15) is 0 Å². The zero-order valence-electron chi connectivity index (χ0n) is 7.83. The normalized spacial score (nSPS) is 13.5. The van der Waals surface area contributed by atoms with Gasteiger partial charge in [0.1, 0.15) is 0 Å². The third-order valence-electron chi connectivity index (χ3n) is 2.27. The van der Waals surface area contributed by atoms with Crippen molar-refractivity contribution >= 4 is 10.9 Å². The minimum atomic E-state index is -0.415. The number of fused-ring (bicyclic) bond motifs is 1. The van der Waals surface area contributed by atoms with E-state index in [1.54, 1.807) is 6.92 Å². The standard InChI is InChI=1S/C11H13NO/c1-7-6-9-4-3-5-10(8(2)13)11(9)12-7/h3-6,8,12-13H,1-2H3. The highest BCUT2D eigenvalue weighted by atomic mass is 16.3. The molecule has 1 unspecified atom stereocenters. The van der Waals surface area contributed by atoms with E-state index in [-0.39, 0.29) is 0 Å². The number of nitrogens with one attached hydrogen (secondary N) is 1. The number of hydrogen-bond donors (Lipinski definition) is 2. The van der Waals surface area contributed by atoms with E-state index in [0.717, 1.165) is 22.2 Å². The topological polar surface area (TPSA) is 36.0 Å². The number of benzene rings is 1. The van der Waals surface area contributed by atoms with Gasteiger partial charge in [-0.3, -0.25) is 0 Å². The van der Waals surface area contributed by atoms with E-state index in [1.807, 2.05) is 25.1 Å². The van der Waals surface area contributed by atoms with Crippen LogP contribution >= 0.6 is 0 Å². The highest BCUT2D eigenvalue weighted by molar-refractivity contribution is 5.83. The maximum absolute atomic E-state index is 9.51. The lowest BCUT2D eigenvalue weighted by Crippen LogP contribution is -1.91. The summed E-state index contributed by atoms with van der Waals surface area (Å²) in [7, 11) is 0. The molecule has 2 N–H and O–H groups in total. The lowest BCUT2D eigenvalue weighted by molar-refractivity contribution is 0.200. The van der Waals surface area contributed by atoms with Gasteiger partial charge in [0.15, 0.2) is 0 Å². The first-order chi connectivity index (χ1) is 6.18. The van der Waals surface area contributed by atoms with Gasteiger partial charge in [-0.15, -0.1) is 0 Å². The number of aryl methyl sites for hydroxylation is 1. The van der Waals surface area contributed by atoms with E-state index >= 15 is 0 Å². The summed E-state index contributed by atoms with van der Waals surface area (Å²) in [5, 5.41) is 10.7. The van der Waals surface area contributed by atoms with Crippen molar-refractivity contribution in [2.45, 2.75) is 20.0 Å². The fourth-order valence-electron chi connectivity index (χ4n) is 1.67. The second kappa shape index (κ2) is 2.89. The summed E-state index contributed by atoms with van der Waals surface area (Å²) in [5.74, 6) is 0. The number of aromatic nitrogens is 1. The summed E-state index contributed by atoms with van der Waals surface area (Å²) in [6.45, 7) is 3.80. The molecule has 0 saturated heterocycles. The van der Waals surface area contributed by atoms with Gasteiger partial charge in [0.25, 0.3) is 0 Å². The van der Waals surface area contributed by atoms with Crippen LogP contribution in [-0.4, -0.2) is 10.1 Å². The highest BCUT2D eigenvalue weighted by Crippen LogP contribution is 2.23. The lowest BCUT2D eigenvalue weighted by Gasteiger charge is -2.05. The molecule has 0 amide bonds. The third kappa shape index (κ3) is 1.33. The van der Waals surface area contributed by atoms with Gasteiger partial charge < -0.3 is 10.1 Å². The molecule has 1 aromatic carbocycles. The van der Waals surface area contributed by atoms with Gasteiger partial charge >= 0.3 is 0 Å². The molecular weight excluding hydrogens is 162 g/mol. The van der Waals surface area contributed by atoms with Gasteiger partial charge in [0.2, 0.25) is 0 Å². The smallest absolute Gasteiger partial charge is 0.0782 e. The molecule has 1 aromatic heterocycles. The van der Waals surface area contributed by atoms with Crippen LogP contribution in [0.3, 0.4) is 0 Å². The molecule has 2 aromatic rings. The highest BCUT2D eigenvalue weighted by Gasteiger charge is 2.07. The predicted molar refractivity (Wildman–Crippen MR) is 53.7 cm³/mol. The van der Waals surface area contributed by atoms with E-state index in [4.69, 9.17) is 0 Å². The van der Waals surface area contributed by atoms with Crippen molar-refractivity contribution in [3.05, 3.63) is 35.5 Å². The number of rotatable bonds is 1. The monoisotopic (exact) mass is 175 g/mol. The van der Waals surface area contributed by atoms with Gasteiger partial charge in [-0.1, -0.05) is 18.2 Å². The van der Waals surface area contributed by atoms with Crippen LogP contribution in [0.25, 0.3) is 10.9 Å². The Kier molecular flexibility index (Phi) is 1.85. The van der Waals surface area contributed by atoms with Crippen molar-refractivity contribution < 1.29 is 5.11 Å². The van der Waals surface area contributed by atoms with Gasteiger partial charge in [0.05, 0.1) is 11.6 Å². The van der Waals surface area contributed by atoms with Crippen LogP contribution in [0.2, 0.25) is 0 Å². The predicted octanol–water partition coefficient (Wildman–Crippen LogP) is 2.53. The Morgan fingerprint density at radius 1 is 1.38 bits per heavy atom. The molecule has 0 aliphatic rings. The molecule has 13 heavy (non-hydrogen) atoms. The van der Waals surface area contributed by atoms with Crippen molar-refractivity contribution in [1.82, 2.24) is 4.98 Å². The van der Waals surface area contributed by atoms with E-state index in [1.165, 1.54) is 0 Å². The molecule has 0 fully saturated rings. The van der Waals surface area contributed by atoms with Gasteiger partial charge in [-0.25, -0.2) is 0 Å². The van der Waals surface area contributed by atoms with Crippen LogP contribution in [0, 0.1) is 6.92 Å². The SMILES string of the molecule is Cc1cc2cccc(C(C)O)c2[nH]1. The maximum Gasteiger partial charge on any atom is 0.0782 e. The number of aliphatic hydroxyl groups excluding tert-OH is 1. The van der Waals surface area contributed by atoms with E-state index < -0.39 is 6.10 Å². The zero-order chi connectivity index (χ0) is 9.42.